The molecule has 0 fully saturated rings. The highest BCUT2D eigenvalue weighted by Gasteiger charge is 2.21. The van der Waals surface area contributed by atoms with Crippen LogP contribution in [0.3, 0.4) is 0 Å². The largest absolute Gasteiger partial charge is 0.454 e. The summed E-state index contributed by atoms with van der Waals surface area (Å²) in [4.78, 5) is 36.9. The fraction of sp³-hybridized carbons (Fsp3) is 0.316. The topological polar surface area (TPSA) is 72.5 Å². The molecule has 27 heavy (non-hydrogen) atoms. The second kappa shape index (κ2) is 8.39. The molecule has 1 aromatic carbocycles. The first-order valence-corrected chi connectivity index (χ1v) is 8.91. The van der Waals surface area contributed by atoms with Crippen molar-refractivity contribution in [2.24, 2.45) is 5.41 Å². The monoisotopic (exact) mass is 395 g/mol. The van der Waals surface area contributed by atoms with Crippen LogP contribution in [0.1, 0.15) is 45.7 Å². The van der Waals surface area contributed by atoms with E-state index in [1.165, 1.54) is 11.3 Å². The van der Waals surface area contributed by atoms with E-state index in [2.05, 4.69) is 5.32 Å². The van der Waals surface area contributed by atoms with Gasteiger partial charge in [0.1, 0.15) is 11.6 Å². The molecule has 0 saturated carbocycles. The van der Waals surface area contributed by atoms with Gasteiger partial charge in [0.05, 0.1) is 17.0 Å². The number of amides is 1. The zero-order valence-electron chi connectivity index (χ0n) is 15.1. The van der Waals surface area contributed by atoms with E-state index in [1.807, 2.05) is 0 Å². The maximum Gasteiger partial charge on any atom is 0.338 e. The highest BCUT2D eigenvalue weighted by Crippen LogP contribution is 2.19. The van der Waals surface area contributed by atoms with Crippen LogP contribution < -0.4 is 5.32 Å². The van der Waals surface area contributed by atoms with Gasteiger partial charge in [-0.15, -0.1) is 11.3 Å². The smallest absolute Gasteiger partial charge is 0.338 e. The highest BCUT2D eigenvalue weighted by molar-refractivity contribution is 7.14. The number of thiophene rings is 1. The average molecular weight is 395 g/mol. The molecule has 0 atom stereocenters. The van der Waals surface area contributed by atoms with E-state index in [0.717, 1.165) is 17.0 Å². The second-order valence-electron chi connectivity index (χ2n) is 6.86. The number of hydrogen-bond donors (Lipinski definition) is 1. The maximum atomic E-state index is 13.1. The predicted molar refractivity (Wildman–Crippen MR) is 96.6 cm³/mol. The molecule has 0 aliphatic heterocycles. The van der Waals surface area contributed by atoms with Gasteiger partial charge in [0.25, 0.3) is 0 Å². The van der Waals surface area contributed by atoms with Crippen molar-refractivity contribution in [3.05, 3.63) is 57.3 Å². The van der Waals surface area contributed by atoms with Crippen LogP contribution in [0.5, 0.6) is 0 Å². The van der Waals surface area contributed by atoms with Crippen LogP contribution in [0.25, 0.3) is 0 Å². The third-order valence-corrected chi connectivity index (χ3v) is 4.60. The summed E-state index contributed by atoms with van der Waals surface area (Å²) in [5.41, 5.74) is -0.822. The molecule has 0 bridgehead atoms. The third-order valence-electron chi connectivity index (χ3n) is 3.47. The second-order valence-corrected chi connectivity index (χ2v) is 8.02. The normalized spacial score (nSPS) is 11.1. The molecule has 5 nitrogen and oxygen atoms in total. The molecule has 0 unspecified atom stereocenters. The van der Waals surface area contributed by atoms with Crippen molar-refractivity contribution < 1.29 is 27.9 Å². The van der Waals surface area contributed by atoms with Crippen molar-refractivity contribution in [2.45, 2.75) is 27.3 Å². The minimum atomic E-state index is -0.990. The summed E-state index contributed by atoms with van der Waals surface area (Å²) in [7, 11) is 0. The Balaban J connectivity index is 1.90. The van der Waals surface area contributed by atoms with Crippen LogP contribution in [-0.2, 0) is 16.1 Å². The summed E-state index contributed by atoms with van der Waals surface area (Å²) in [6.07, 6.45) is 0. The molecule has 0 saturated heterocycles. The summed E-state index contributed by atoms with van der Waals surface area (Å²) in [5, 5.41) is 2.78. The van der Waals surface area contributed by atoms with Crippen LogP contribution in [0.4, 0.5) is 8.78 Å². The number of ketones is 1. The molecule has 2 rings (SSSR count). The molecule has 2 aromatic rings. The van der Waals surface area contributed by atoms with Crippen molar-refractivity contribution in [1.82, 2.24) is 5.32 Å². The lowest BCUT2D eigenvalue weighted by molar-refractivity contribution is -0.128. The van der Waals surface area contributed by atoms with Gasteiger partial charge in [-0.05, 0) is 24.3 Å². The summed E-state index contributed by atoms with van der Waals surface area (Å²) in [6, 6.07) is 5.56. The van der Waals surface area contributed by atoms with E-state index in [4.69, 9.17) is 4.74 Å². The molecule has 1 aromatic heterocycles. The molecule has 144 valence electrons. The minimum Gasteiger partial charge on any atom is -0.454 e. The SMILES string of the molecule is CC(C)(C)C(=O)NCc1ccc(C(=O)COC(=O)c2cc(F)cc(F)c2)s1. The van der Waals surface area contributed by atoms with Gasteiger partial charge in [0.2, 0.25) is 11.7 Å². The van der Waals surface area contributed by atoms with Crippen molar-refractivity contribution >= 4 is 29.0 Å². The van der Waals surface area contributed by atoms with E-state index in [9.17, 15) is 23.2 Å². The third kappa shape index (κ3) is 5.96. The Bertz CT molecular complexity index is 851. The number of benzene rings is 1. The van der Waals surface area contributed by atoms with Gasteiger partial charge in [-0.2, -0.15) is 0 Å². The van der Waals surface area contributed by atoms with E-state index < -0.39 is 35.4 Å². The quantitative estimate of drug-likeness (QED) is 0.598. The first-order valence-electron chi connectivity index (χ1n) is 8.09. The van der Waals surface area contributed by atoms with Crippen LogP contribution in [0, 0.1) is 17.0 Å². The Hall–Kier alpha value is -2.61. The zero-order chi connectivity index (χ0) is 20.2. The number of hydrogen-bond acceptors (Lipinski definition) is 5. The van der Waals surface area contributed by atoms with Gasteiger partial charge in [-0.1, -0.05) is 20.8 Å². The van der Waals surface area contributed by atoms with Gasteiger partial charge in [0.15, 0.2) is 6.61 Å². The molecular weight excluding hydrogens is 376 g/mol. The number of halogens is 2. The number of carbonyl (C=O) groups excluding carboxylic acids is 3. The summed E-state index contributed by atoms with van der Waals surface area (Å²) < 4.78 is 31.1. The van der Waals surface area contributed by atoms with Crippen molar-refractivity contribution in [3.8, 4) is 0 Å². The predicted octanol–water partition coefficient (Wildman–Crippen LogP) is 3.73. The van der Waals surface area contributed by atoms with Crippen LogP contribution in [-0.4, -0.2) is 24.3 Å². The lowest BCUT2D eigenvalue weighted by Crippen LogP contribution is -2.34. The van der Waals surface area contributed by atoms with Gasteiger partial charge >= 0.3 is 5.97 Å². The van der Waals surface area contributed by atoms with Crippen molar-refractivity contribution in [2.75, 3.05) is 6.61 Å². The number of esters is 1. The average Bonchev–Trinajstić information content (AvgIpc) is 3.04. The van der Waals surface area contributed by atoms with E-state index in [0.29, 0.717) is 10.9 Å². The van der Waals surface area contributed by atoms with E-state index >= 15 is 0 Å². The Kier molecular flexibility index (Phi) is 6.43. The Morgan fingerprint density at radius 1 is 1.07 bits per heavy atom. The molecule has 1 amide bonds. The minimum absolute atomic E-state index is 0.111. The Morgan fingerprint density at radius 3 is 2.30 bits per heavy atom. The van der Waals surface area contributed by atoms with Crippen LogP contribution in [0.2, 0.25) is 0 Å². The van der Waals surface area contributed by atoms with Gasteiger partial charge in [0, 0.05) is 16.4 Å². The summed E-state index contributed by atoms with van der Waals surface area (Å²) in [6.45, 7) is 5.13. The standard InChI is InChI=1S/C19H19F2NO4S/c1-19(2,3)18(25)22-9-14-4-5-16(27-14)15(23)10-26-17(24)11-6-12(20)8-13(21)7-11/h4-8H,9-10H2,1-3H3,(H,22,25). The molecule has 1 heterocycles. The maximum absolute atomic E-state index is 13.1. The molecule has 0 aliphatic carbocycles. The van der Waals surface area contributed by atoms with Gasteiger partial charge in [-0.25, -0.2) is 13.6 Å². The molecule has 0 radical (unpaired) electrons. The molecule has 0 aliphatic rings. The molecule has 0 spiro atoms. The fourth-order valence-corrected chi connectivity index (χ4v) is 2.88. The van der Waals surface area contributed by atoms with Gasteiger partial charge in [-0.3, -0.25) is 9.59 Å². The van der Waals surface area contributed by atoms with Crippen LogP contribution >= 0.6 is 11.3 Å². The fourth-order valence-electron chi connectivity index (χ4n) is 2.01. The lowest BCUT2D eigenvalue weighted by Gasteiger charge is -2.17. The van der Waals surface area contributed by atoms with E-state index in [-0.39, 0.29) is 18.0 Å². The number of Topliss-reactive ketones (excluding diaryl/α,β-unsaturated/α-hetero) is 1. The number of rotatable bonds is 6. The van der Waals surface area contributed by atoms with Crippen molar-refractivity contribution in [3.63, 3.8) is 0 Å². The van der Waals surface area contributed by atoms with Crippen molar-refractivity contribution in [1.29, 1.82) is 0 Å². The Morgan fingerprint density at radius 2 is 1.70 bits per heavy atom. The first-order chi connectivity index (χ1) is 12.6. The zero-order valence-corrected chi connectivity index (χ0v) is 15.9. The molecular formula is C19H19F2NO4S. The molecule has 1 N–H and O–H groups in total. The first kappa shape index (κ1) is 20.7. The van der Waals surface area contributed by atoms with E-state index in [1.54, 1.807) is 32.9 Å². The number of ether oxygens (including phenoxy) is 1. The highest BCUT2D eigenvalue weighted by atomic mass is 32.1. The number of nitrogens with one attached hydrogen (secondary N) is 1. The summed E-state index contributed by atoms with van der Waals surface area (Å²) in [5.74, 6) is -3.36. The summed E-state index contributed by atoms with van der Waals surface area (Å²) >= 11 is 1.17. The molecule has 8 heteroatoms. The number of carbonyl (C=O) groups is 3. The lowest BCUT2D eigenvalue weighted by atomic mass is 9.96. The Labute approximate surface area is 159 Å². The van der Waals surface area contributed by atoms with Gasteiger partial charge < -0.3 is 10.1 Å². The van der Waals surface area contributed by atoms with Crippen LogP contribution in [0.15, 0.2) is 30.3 Å².